The van der Waals surface area contributed by atoms with E-state index in [-0.39, 0.29) is 6.54 Å². The minimum absolute atomic E-state index is 0.132. The van der Waals surface area contributed by atoms with E-state index in [0.29, 0.717) is 30.2 Å². The average molecular weight is 267 g/mol. The number of rotatable bonds is 7. The highest BCUT2D eigenvalue weighted by Crippen LogP contribution is 2.31. The topological polar surface area (TPSA) is 84.8 Å². The molecule has 7 nitrogen and oxygen atoms in total. The Balaban J connectivity index is 2.24. The molecular weight excluding hydrogens is 250 g/mol. The Kier molecular flexibility index (Phi) is 4.03. The van der Waals surface area contributed by atoms with Crippen LogP contribution >= 0.6 is 0 Å². The molecule has 1 saturated carbocycles. The summed E-state index contributed by atoms with van der Waals surface area (Å²) in [6.07, 6.45) is 2.24. The van der Waals surface area contributed by atoms with Crippen LogP contribution in [0.2, 0.25) is 0 Å². The van der Waals surface area contributed by atoms with Crippen LogP contribution in [-0.4, -0.2) is 48.4 Å². The number of methoxy groups -OCH3 is 2. The fourth-order valence-corrected chi connectivity index (χ4v) is 1.74. The number of carboxylic acids is 1. The fraction of sp³-hybridized carbons (Fsp3) is 0.583. The predicted octanol–water partition coefficient (Wildman–Crippen LogP) is 0.795. The van der Waals surface area contributed by atoms with Gasteiger partial charge in [0, 0.05) is 6.54 Å². The van der Waals surface area contributed by atoms with Crippen LogP contribution in [0.25, 0.3) is 0 Å². The van der Waals surface area contributed by atoms with Crippen LogP contribution in [-0.2, 0) is 4.79 Å². The molecule has 0 saturated heterocycles. The zero-order valence-electron chi connectivity index (χ0n) is 11.0. The highest BCUT2D eigenvalue weighted by atomic mass is 16.5. The van der Waals surface area contributed by atoms with E-state index in [1.165, 1.54) is 14.2 Å². The van der Waals surface area contributed by atoms with E-state index < -0.39 is 5.97 Å². The van der Waals surface area contributed by atoms with Crippen molar-refractivity contribution in [3.8, 4) is 11.8 Å². The summed E-state index contributed by atoms with van der Waals surface area (Å²) in [5.41, 5.74) is 0. The van der Waals surface area contributed by atoms with E-state index in [4.69, 9.17) is 14.6 Å². The molecule has 1 aliphatic carbocycles. The maximum absolute atomic E-state index is 10.9. The normalized spacial score (nSPS) is 14.0. The van der Waals surface area contributed by atoms with Gasteiger partial charge in [0.05, 0.1) is 20.3 Å². The molecule has 1 aliphatic rings. The van der Waals surface area contributed by atoms with E-state index in [9.17, 15) is 4.79 Å². The number of anilines is 1. The van der Waals surface area contributed by atoms with Crippen LogP contribution in [0, 0.1) is 5.92 Å². The fourth-order valence-electron chi connectivity index (χ4n) is 1.74. The van der Waals surface area contributed by atoms with Crippen molar-refractivity contribution in [2.75, 3.05) is 32.2 Å². The molecule has 0 spiro atoms. The van der Waals surface area contributed by atoms with Crippen LogP contribution in [0.3, 0.4) is 0 Å². The first-order valence-corrected chi connectivity index (χ1v) is 6.06. The maximum atomic E-state index is 10.9. The predicted molar refractivity (Wildman–Crippen MR) is 67.7 cm³/mol. The molecule has 0 amide bonds. The van der Waals surface area contributed by atoms with E-state index in [2.05, 4.69) is 9.97 Å². The number of carbonyl (C=O) groups is 1. The van der Waals surface area contributed by atoms with Gasteiger partial charge < -0.3 is 19.5 Å². The Labute approximate surface area is 111 Å². The summed E-state index contributed by atoms with van der Waals surface area (Å²) in [7, 11) is 2.99. The number of ether oxygens (including phenoxy) is 2. The van der Waals surface area contributed by atoms with Gasteiger partial charge in [0.2, 0.25) is 17.7 Å². The van der Waals surface area contributed by atoms with E-state index in [0.717, 1.165) is 12.8 Å². The van der Waals surface area contributed by atoms with Crippen LogP contribution in [0.15, 0.2) is 6.07 Å². The van der Waals surface area contributed by atoms with Gasteiger partial charge in [-0.05, 0) is 18.8 Å². The van der Waals surface area contributed by atoms with Crippen molar-refractivity contribution >= 4 is 11.9 Å². The number of aliphatic carboxylic acids is 1. The van der Waals surface area contributed by atoms with Gasteiger partial charge in [-0.1, -0.05) is 0 Å². The highest BCUT2D eigenvalue weighted by molar-refractivity contribution is 5.72. The summed E-state index contributed by atoms with van der Waals surface area (Å²) in [5, 5.41) is 8.97. The minimum Gasteiger partial charge on any atom is -0.481 e. The first-order valence-electron chi connectivity index (χ1n) is 6.06. The molecule has 7 heteroatoms. The Hall–Kier alpha value is -2.05. The minimum atomic E-state index is -0.911. The lowest BCUT2D eigenvalue weighted by Crippen LogP contribution is -2.33. The Bertz CT molecular complexity index is 440. The third kappa shape index (κ3) is 3.70. The molecule has 1 heterocycles. The van der Waals surface area contributed by atoms with Gasteiger partial charge in [0.15, 0.2) is 0 Å². The Morgan fingerprint density at radius 3 is 2.37 bits per heavy atom. The molecule has 2 rings (SSSR count). The van der Waals surface area contributed by atoms with Crippen molar-refractivity contribution in [2.45, 2.75) is 12.8 Å². The van der Waals surface area contributed by atoms with E-state index in [1.807, 2.05) is 0 Å². The molecular formula is C12H17N3O4. The zero-order valence-corrected chi connectivity index (χ0v) is 11.0. The van der Waals surface area contributed by atoms with Gasteiger partial charge in [-0.15, -0.1) is 0 Å². The Morgan fingerprint density at radius 1 is 1.37 bits per heavy atom. The standard InChI is InChI=1S/C12H17N3O4/c1-18-9-5-10(19-2)14-12(13-9)15(7-11(16)17)6-8-3-4-8/h5,8H,3-4,6-7H2,1-2H3,(H,16,17). The van der Waals surface area contributed by atoms with Gasteiger partial charge >= 0.3 is 5.97 Å². The highest BCUT2D eigenvalue weighted by Gasteiger charge is 2.27. The Morgan fingerprint density at radius 2 is 1.95 bits per heavy atom. The van der Waals surface area contributed by atoms with Gasteiger partial charge in [-0.25, -0.2) is 0 Å². The van der Waals surface area contributed by atoms with Crippen LogP contribution in [0.4, 0.5) is 5.95 Å². The van der Waals surface area contributed by atoms with Crippen LogP contribution in [0.5, 0.6) is 11.8 Å². The van der Waals surface area contributed by atoms with Crippen molar-refractivity contribution < 1.29 is 19.4 Å². The number of nitrogens with zero attached hydrogens (tertiary/aromatic N) is 3. The van der Waals surface area contributed by atoms with E-state index in [1.54, 1.807) is 11.0 Å². The van der Waals surface area contributed by atoms with Crippen LogP contribution in [0.1, 0.15) is 12.8 Å². The first kappa shape index (κ1) is 13.4. The lowest BCUT2D eigenvalue weighted by molar-refractivity contribution is -0.135. The molecule has 0 radical (unpaired) electrons. The quantitative estimate of drug-likeness (QED) is 0.781. The largest absolute Gasteiger partial charge is 0.481 e. The van der Waals surface area contributed by atoms with Crippen molar-refractivity contribution in [3.05, 3.63) is 6.07 Å². The average Bonchev–Trinajstić information content (AvgIpc) is 3.20. The summed E-state index contributed by atoms with van der Waals surface area (Å²) >= 11 is 0. The maximum Gasteiger partial charge on any atom is 0.323 e. The summed E-state index contributed by atoms with van der Waals surface area (Å²) in [6.45, 7) is 0.509. The first-order chi connectivity index (χ1) is 9.12. The summed E-state index contributed by atoms with van der Waals surface area (Å²) in [4.78, 5) is 20.9. The second kappa shape index (κ2) is 5.73. The molecule has 1 aromatic heterocycles. The summed E-state index contributed by atoms with van der Waals surface area (Å²) in [5.74, 6) is 0.651. The molecule has 0 aromatic carbocycles. The molecule has 0 aliphatic heterocycles. The second-order valence-corrected chi connectivity index (χ2v) is 4.47. The molecule has 0 bridgehead atoms. The monoisotopic (exact) mass is 267 g/mol. The molecule has 19 heavy (non-hydrogen) atoms. The summed E-state index contributed by atoms with van der Waals surface area (Å²) in [6, 6.07) is 1.56. The molecule has 0 unspecified atom stereocenters. The SMILES string of the molecule is COc1cc(OC)nc(N(CC(=O)O)CC2CC2)n1. The van der Waals surface area contributed by atoms with E-state index >= 15 is 0 Å². The lowest BCUT2D eigenvalue weighted by atomic mass is 10.3. The van der Waals surface area contributed by atoms with Crippen molar-refractivity contribution in [2.24, 2.45) is 5.92 Å². The molecule has 1 aromatic rings. The third-order valence-corrected chi connectivity index (χ3v) is 2.87. The van der Waals surface area contributed by atoms with Gasteiger partial charge in [-0.2, -0.15) is 9.97 Å². The third-order valence-electron chi connectivity index (χ3n) is 2.87. The number of hydrogen-bond acceptors (Lipinski definition) is 6. The van der Waals surface area contributed by atoms with Gasteiger partial charge in [0.25, 0.3) is 0 Å². The second-order valence-electron chi connectivity index (χ2n) is 4.47. The lowest BCUT2D eigenvalue weighted by Gasteiger charge is -2.21. The van der Waals surface area contributed by atoms with Crippen LogP contribution < -0.4 is 14.4 Å². The van der Waals surface area contributed by atoms with Gasteiger partial charge in [-0.3, -0.25) is 4.79 Å². The van der Waals surface area contributed by atoms with Gasteiger partial charge in [0.1, 0.15) is 6.54 Å². The molecule has 1 N–H and O–H groups in total. The summed E-state index contributed by atoms with van der Waals surface area (Å²) < 4.78 is 10.1. The number of carboxylic acid groups (broad SMARTS) is 1. The number of hydrogen-bond donors (Lipinski definition) is 1. The zero-order chi connectivity index (χ0) is 13.8. The molecule has 1 fully saturated rings. The number of aromatic nitrogens is 2. The molecule has 104 valence electrons. The smallest absolute Gasteiger partial charge is 0.323 e. The van der Waals surface area contributed by atoms with Crippen molar-refractivity contribution in [3.63, 3.8) is 0 Å². The molecule has 0 atom stereocenters. The van der Waals surface area contributed by atoms with Crippen molar-refractivity contribution in [1.82, 2.24) is 9.97 Å². The van der Waals surface area contributed by atoms with Crippen molar-refractivity contribution in [1.29, 1.82) is 0 Å².